The third kappa shape index (κ3) is 3.65. The van der Waals surface area contributed by atoms with Crippen LogP contribution in [0.2, 0.25) is 5.02 Å². The number of halogens is 2. The van der Waals surface area contributed by atoms with Crippen LogP contribution in [0.15, 0.2) is 48.5 Å². The van der Waals surface area contributed by atoms with E-state index in [1.54, 1.807) is 49.4 Å². The van der Waals surface area contributed by atoms with Crippen molar-refractivity contribution in [3.63, 3.8) is 0 Å². The van der Waals surface area contributed by atoms with Crippen molar-refractivity contribution in [1.29, 1.82) is 0 Å². The minimum atomic E-state index is -0.393. The number of nitrogens with one attached hydrogen (secondary N) is 1. The first kappa shape index (κ1) is 14.7. The second kappa shape index (κ2) is 6.64. The summed E-state index contributed by atoms with van der Waals surface area (Å²) >= 11 is 5.79. The van der Waals surface area contributed by atoms with Gasteiger partial charge in [-0.1, -0.05) is 29.8 Å². The molecule has 2 aromatic rings. The SMILES string of the molecule is CC(NCc1ccccc1F)C(=O)c1ccc(Cl)cc1. The topological polar surface area (TPSA) is 29.1 Å². The van der Waals surface area contributed by atoms with Gasteiger partial charge in [0.2, 0.25) is 0 Å². The van der Waals surface area contributed by atoms with Crippen molar-refractivity contribution in [2.45, 2.75) is 19.5 Å². The monoisotopic (exact) mass is 291 g/mol. The molecule has 0 amide bonds. The lowest BCUT2D eigenvalue weighted by Gasteiger charge is -2.13. The summed E-state index contributed by atoms with van der Waals surface area (Å²) in [6.07, 6.45) is 0. The zero-order valence-corrected chi connectivity index (χ0v) is 11.8. The van der Waals surface area contributed by atoms with Crippen LogP contribution >= 0.6 is 11.6 Å². The Balaban J connectivity index is 1.98. The van der Waals surface area contributed by atoms with Gasteiger partial charge in [-0.05, 0) is 37.3 Å². The molecule has 0 saturated carbocycles. The molecule has 0 fully saturated rings. The summed E-state index contributed by atoms with van der Waals surface area (Å²) in [4.78, 5) is 12.2. The minimum absolute atomic E-state index is 0.0435. The van der Waals surface area contributed by atoms with E-state index in [2.05, 4.69) is 5.32 Å². The Morgan fingerprint density at radius 3 is 2.50 bits per heavy atom. The van der Waals surface area contributed by atoms with Gasteiger partial charge in [-0.2, -0.15) is 0 Å². The first-order chi connectivity index (χ1) is 9.58. The van der Waals surface area contributed by atoms with E-state index in [1.807, 2.05) is 0 Å². The summed E-state index contributed by atoms with van der Waals surface area (Å²) in [5, 5.41) is 3.62. The first-order valence-electron chi connectivity index (χ1n) is 6.34. The van der Waals surface area contributed by atoms with Gasteiger partial charge in [0.25, 0.3) is 0 Å². The molecule has 0 saturated heterocycles. The van der Waals surface area contributed by atoms with Gasteiger partial charge < -0.3 is 5.32 Å². The summed E-state index contributed by atoms with van der Waals surface area (Å²) in [5.74, 6) is -0.316. The molecular formula is C16H15ClFNO. The zero-order chi connectivity index (χ0) is 14.5. The summed E-state index contributed by atoms with van der Waals surface area (Å²) in [6, 6.07) is 12.8. The normalized spacial score (nSPS) is 12.2. The molecule has 2 rings (SSSR count). The number of benzene rings is 2. The lowest BCUT2D eigenvalue weighted by molar-refractivity contribution is 0.0950. The van der Waals surface area contributed by atoms with Crippen LogP contribution in [0.25, 0.3) is 0 Å². The summed E-state index contributed by atoms with van der Waals surface area (Å²) in [6.45, 7) is 2.07. The van der Waals surface area contributed by atoms with Gasteiger partial charge in [0.1, 0.15) is 5.82 Å². The summed E-state index contributed by atoms with van der Waals surface area (Å²) < 4.78 is 13.5. The van der Waals surface area contributed by atoms with Crippen LogP contribution in [0.5, 0.6) is 0 Å². The van der Waals surface area contributed by atoms with Gasteiger partial charge in [-0.3, -0.25) is 4.79 Å². The van der Waals surface area contributed by atoms with Gasteiger partial charge >= 0.3 is 0 Å². The standard InChI is InChI=1S/C16H15ClFNO/c1-11(16(20)12-6-8-14(17)9-7-12)19-10-13-4-2-3-5-15(13)18/h2-9,11,19H,10H2,1H3. The highest BCUT2D eigenvalue weighted by Gasteiger charge is 2.15. The van der Waals surface area contributed by atoms with Crippen LogP contribution in [0, 0.1) is 5.82 Å². The quantitative estimate of drug-likeness (QED) is 0.848. The van der Waals surface area contributed by atoms with Crippen LogP contribution < -0.4 is 5.32 Å². The van der Waals surface area contributed by atoms with Crippen LogP contribution in [0.3, 0.4) is 0 Å². The Labute approximate surface area is 122 Å². The van der Waals surface area contributed by atoms with Gasteiger partial charge in [0.05, 0.1) is 6.04 Å². The summed E-state index contributed by atoms with van der Waals surface area (Å²) in [7, 11) is 0. The van der Waals surface area contributed by atoms with E-state index >= 15 is 0 Å². The van der Waals surface area contributed by atoms with E-state index in [0.717, 1.165) is 0 Å². The molecule has 104 valence electrons. The summed E-state index contributed by atoms with van der Waals surface area (Å²) in [5.41, 5.74) is 1.13. The smallest absolute Gasteiger partial charge is 0.179 e. The molecule has 0 aliphatic carbocycles. The number of rotatable bonds is 5. The van der Waals surface area contributed by atoms with E-state index in [1.165, 1.54) is 6.07 Å². The predicted molar refractivity (Wildman–Crippen MR) is 78.5 cm³/mol. The molecule has 0 aromatic heterocycles. The maximum absolute atomic E-state index is 13.5. The van der Waals surface area contributed by atoms with Crippen molar-refractivity contribution in [3.8, 4) is 0 Å². The highest BCUT2D eigenvalue weighted by molar-refractivity contribution is 6.30. The Morgan fingerprint density at radius 2 is 1.85 bits per heavy atom. The molecule has 20 heavy (non-hydrogen) atoms. The number of Topliss-reactive ketones (excluding diaryl/α,β-unsaturated/α-hetero) is 1. The molecule has 1 atom stereocenters. The van der Waals surface area contributed by atoms with Gasteiger partial charge in [0, 0.05) is 22.7 Å². The second-order valence-corrected chi connectivity index (χ2v) is 5.00. The molecule has 0 aliphatic rings. The van der Waals surface area contributed by atoms with Gasteiger partial charge in [-0.15, -0.1) is 0 Å². The molecule has 0 radical (unpaired) electrons. The van der Waals surface area contributed by atoms with Crippen molar-refractivity contribution < 1.29 is 9.18 Å². The maximum Gasteiger partial charge on any atom is 0.179 e. The molecule has 1 N–H and O–H groups in total. The first-order valence-corrected chi connectivity index (χ1v) is 6.72. The highest BCUT2D eigenvalue weighted by atomic mass is 35.5. The van der Waals surface area contributed by atoms with E-state index in [-0.39, 0.29) is 11.6 Å². The van der Waals surface area contributed by atoms with Crippen molar-refractivity contribution in [3.05, 3.63) is 70.5 Å². The largest absolute Gasteiger partial charge is 0.303 e. The van der Waals surface area contributed by atoms with Crippen molar-refractivity contribution in [2.75, 3.05) is 0 Å². The predicted octanol–water partition coefficient (Wildman–Crippen LogP) is 3.84. The highest BCUT2D eigenvalue weighted by Crippen LogP contribution is 2.12. The van der Waals surface area contributed by atoms with Crippen molar-refractivity contribution in [2.24, 2.45) is 0 Å². The molecule has 2 aromatic carbocycles. The second-order valence-electron chi connectivity index (χ2n) is 4.57. The lowest BCUT2D eigenvalue weighted by Crippen LogP contribution is -2.33. The molecule has 0 bridgehead atoms. The van der Waals surface area contributed by atoms with Crippen molar-refractivity contribution in [1.82, 2.24) is 5.32 Å². The molecule has 0 heterocycles. The number of carbonyl (C=O) groups excluding carboxylic acids is 1. The minimum Gasteiger partial charge on any atom is -0.303 e. The third-order valence-electron chi connectivity index (χ3n) is 3.08. The fourth-order valence-corrected chi connectivity index (χ4v) is 1.99. The lowest BCUT2D eigenvalue weighted by atomic mass is 10.1. The third-order valence-corrected chi connectivity index (χ3v) is 3.33. The zero-order valence-electron chi connectivity index (χ0n) is 11.1. The number of hydrogen-bond acceptors (Lipinski definition) is 2. The number of carbonyl (C=O) groups is 1. The Kier molecular flexibility index (Phi) is 4.88. The van der Waals surface area contributed by atoms with Crippen LogP contribution in [-0.4, -0.2) is 11.8 Å². The van der Waals surface area contributed by atoms with E-state index < -0.39 is 6.04 Å². The van der Waals surface area contributed by atoms with Crippen LogP contribution in [0.1, 0.15) is 22.8 Å². The average Bonchev–Trinajstić information content (AvgIpc) is 2.46. The number of ketones is 1. The van der Waals surface area contributed by atoms with E-state index in [0.29, 0.717) is 22.7 Å². The molecule has 1 unspecified atom stereocenters. The average molecular weight is 292 g/mol. The van der Waals surface area contributed by atoms with Crippen LogP contribution in [0.4, 0.5) is 4.39 Å². The van der Waals surface area contributed by atoms with E-state index in [4.69, 9.17) is 11.6 Å². The molecule has 4 heteroatoms. The fraction of sp³-hybridized carbons (Fsp3) is 0.188. The van der Waals surface area contributed by atoms with Gasteiger partial charge in [0.15, 0.2) is 5.78 Å². The maximum atomic E-state index is 13.5. The molecule has 2 nitrogen and oxygen atoms in total. The molecule has 0 spiro atoms. The van der Waals surface area contributed by atoms with Crippen molar-refractivity contribution >= 4 is 17.4 Å². The Bertz CT molecular complexity index is 598. The molecular weight excluding hydrogens is 277 g/mol. The Morgan fingerprint density at radius 1 is 1.20 bits per heavy atom. The fourth-order valence-electron chi connectivity index (χ4n) is 1.86. The van der Waals surface area contributed by atoms with Gasteiger partial charge in [-0.25, -0.2) is 4.39 Å². The molecule has 0 aliphatic heterocycles. The number of hydrogen-bond donors (Lipinski definition) is 1. The Hall–Kier alpha value is -1.71. The van der Waals surface area contributed by atoms with Crippen LogP contribution in [-0.2, 0) is 6.54 Å². The van der Waals surface area contributed by atoms with E-state index in [9.17, 15) is 9.18 Å².